The molecule has 3 rings (SSSR count). The second-order valence-electron chi connectivity index (χ2n) is 7.64. The molecule has 1 aromatic heterocycles. The topological polar surface area (TPSA) is 93.2 Å². The van der Waals surface area contributed by atoms with Gasteiger partial charge in [-0.05, 0) is 48.7 Å². The van der Waals surface area contributed by atoms with E-state index in [9.17, 15) is 9.18 Å². The Labute approximate surface area is 175 Å². The number of hydrazone groups is 1. The first kappa shape index (κ1) is 21.4. The SMILES string of the molecule is C/C(=N/N)C(COc1ccc2c(n1)CN(C(=O)CC(C)C)C2)=Nc1ccc(F)cc1. The Morgan fingerprint density at radius 2 is 1.97 bits per heavy atom. The van der Waals surface area contributed by atoms with Gasteiger partial charge in [0, 0.05) is 19.0 Å². The molecule has 2 heterocycles. The number of nitrogens with zero attached hydrogens (tertiary/aromatic N) is 4. The Kier molecular flexibility index (Phi) is 6.76. The average molecular weight is 411 g/mol. The molecule has 1 amide bonds. The van der Waals surface area contributed by atoms with E-state index in [1.807, 2.05) is 24.8 Å². The van der Waals surface area contributed by atoms with Gasteiger partial charge in [0.25, 0.3) is 0 Å². The summed E-state index contributed by atoms with van der Waals surface area (Å²) in [6.07, 6.45) is 0.526. The second kappa shape index (κ2) is 9.47. The van der Waals surface area contributed by atoms with Crippen molar-refractivity contribution in [3.8, 4) is 5.88 Å². The third-order valence-corrected chi connectivity index (χ3v) is 4.74. The van der Waals surface area contributed by atoms with Gasteiger partial charge in [-0.1, -0.05) is 13.8 Å². The fraction of sp³-hybridized carbons (Fsp3) is 0.364. The maximum absolute atomic E-state index is 13.1. The Morgan fingerprint density at radius 3 is 2.63 bits per heavy atom. The fourth-order valence-electron chi connectivity index (χ4n) is 3.07. The van der Waals surface area contributed by atoms with Gasteiger partial charge in [-0.3, -0.25) is 4.79 Å². The first-order valence-corrected chi connectivity index (χ1v) is 9.83. The highest BCUT2D eigenvalue weighted by Gasteiger charge is 2.25. The minimum absolute atomic E-state index is 0.103. The lowest BCUT2D eigenvalue weighted by Gasteiger charge is -2.16. The molecular formula is C22H26FN5O2. The van der Waals surface area contributed by atoms with E-state index in [-0.39, 0.29) is 18.3 Å². The first-order valence-electron chi connectivity index (χ1n) is 9.83. The minimum atomic E-state index is -0.334. The maximum Gasteiger partial charge on any atom is 0.223 e. The molecule has 0 bridgehead atoms. The van der Waals surface area contributed by atoms with E-state index in [0.29, 0.717) is 48.4 Å². The molecule has 0 fully saturated rings. The van der Waals surface area contributed by atoms with Crippen molar-refractivity contribution in [1.29, 1.82) is 0 Å². The lowest BCUT2D eigenvalue weighted by atomic mass is 10.1. The third kappa shape index (κ3) is 5.40. The highest BCUT2D eigenvalue weighted by molar-refractivity contribution is 6.42. The second-order valence-corrected chi connectivity index (χ2v) is 7.64. The van der Waals surface area contributed by atoms with E-state index < -0.39 is 0 Å². The van der Waals surface area contributed by atoms with E-state index in [2.05, 4.69) is 15.1 Å². The molecule has 8 heteroatoms. The van der Waals surface area contributed by atoms with Crippen LogP contribution >= 0.6 is 0 Å². The van der Waals surface area contributed by atoms with Crippen molar-refractivity contribution < 1.29 is 13.9 Å². The molecule has 7 nitrogen and oxygen atoms in total. The summed E-state index contributed by atoms with van der Waals surface area (Å²) >= 11 is 0. The number of rotatable bonds is 7. The van der Waals surface area contributed by atoms with Crippen LogP contribution in [0, 0.1) is 11.7 Å². The van der Waals surface area contributed by atoms with Crippen molar-refractivity contribution in [2.75, 3.05) is 6.61 Å². The van der Waals surface area contributed by atoms with Crippen molar-refractivity contribution >= 4 is 23.0 Å². The van der Waals surface area contributed by atoms with Gasteiger partial charge in [-0.25, -0.2) is 14.4 Å². The monoisotopic (exact) mass is 411 g/mol. The van der Waals surface area contributed by atoms with Gasteiger partial charge in [0.1, 0.15) is 18.1 Å². The quantitative estimate of drug-likeness (QED) is 0.428. The molecule has 0 radical (unpaired) electrons. The summed E-state index contributed by atoms with van der Waals surface area (Å²) < 4.78 is 18.9. The number of carbonyl (C=O) groups is 1. The number of aromatic nitrogens is 1. The molecular weight excluding hydrogens is 385 g/mol. The van der Waals surface area contributed by atoms with Gasteiger partial charge >= 0.3 is 0 Å². The summed E-state index contributed by atoms with van der Waals surface area (Å²) in [6, 6.07) is 9.51. The van der Waals surface area contributed by atoms with Gasteiger partial charge in [-0.15, -0.1) is 0 Å². The van der Waals surface area contributed by atoms with Crippen LogP contribution in [-0.4, -0.2) is 33.8 Å². The van der Waals surface area contributed by atoms with E-state index in [1.54, 1.807) is 25.1 Å². The summed E-state index contributed by atoms with van der Waals surface area (Å²) in [5.41, 5.74) is 3.45. The van der Waals surface area contributed by atoms with Crippen LogP contribution in [0.15, 0.2) is 46.5 Å². The molecule has 1 aliphatic rings. The Morgan fingerprint density at radius 1 is 1.23 bits per heavy atom. The smallest absolute Gasteiger partial charge is 0.223 e. The largest absolute Gasteiger partial charge is 0.471 e. The van der Waals surface area contributed by atoms with Crippen LogP contribution in [0.1, 0.15) is 38.4 Å². The zero-order valence-corrected chi connectivity index (χ0v) is 17.4. The van der Waals surface area contributed by atoms with Crippen LogP contribution in [0.2, 0.25) is 0 Å². The van der Waals surface area contributed by atoms with Crippen molar-refractivity contribution in [3.63, 3.8) is 0 Å². The molecule has 158 valence electrons. The van der Waals surface area contributed by atoms with Gasteiger partial charge < -0.3 is 15.5 Å². The molecule has 0 unspecified atom stereocenters. The summed E-state index contributed by atoms with van der Waals surface area (Å²) in [4.78, 5) is 23.1. The predicted octanol–water partition coefficient (Wildman–Crippen LogP) is 3.60. The van der Waals surface area contributed by atoms with Gasteiger partial charge in [0.05, 0.1) is 23.6 Å². The number of nitrogens with two attached hydrogens (primary N) is 1. The lowest BCUT2D eigenvalue weighted by Crippen LogP contribution is -2.26. The zero-order chi connectivity index (χ0) is 21.7. The van der Waals surface area contributed by atoms with E-state index >= 15 is 0 Å². The van der Waals surface area contributed by atoms with Crippen LogP contribution in [0.25, 0.3) is 0 Å². The number of pyridine rings is 1. The van der Waals surface area contributed by atoms with Gasteiger partial charge in [-0.2, -0.15) is 5.10 Å². The molecule has 0 atom stereocenters. The summed E-state index contributed by atoms with van der Waals surface area (Å²) in [7, 11) is 0. The number of hydrogen-bond acceptors (Lipinski definition) is 6. The predicted molar refractivity (Wildman–Crippen MR) is 114 cm³/mol. The molecule has 2 N–H and O–H groups in total. The Bertz CT molecular complexity index is 970. The normalized spacial score (nSPS) is 14.2. The number of amides is 1. The van der Waals surface area contributed by atoms with Gasteiger partial charge in [0.15, 0.2) is 0 Å². The number of aliphatic imine (C=N–C) groups is 1. The van der Waals surface area contributed by atoms with Crippen LogP contribution in [-0.2, 0) is 17.9 Å². The van der Waals surface area contributed by atoms with Gasteiger partial charge in [0.2, 0.25) is 11.8 Å². The number of halogens is 1. The molecule has 30 heavy (non-hydrogen) atoms. The number of carbonyl (C=O) groups excluding carboxylic acids is 1. The summed E-state index contributed by atoms with van der Waals surface area (Å²) in [5, 5.41) is 3.69. The Balaban J connectivity index is 1.69. The number of hydrogen-bond donors (Lipinski definition) is 1. The highest BCUT2D eigenvalue weighted by atomic mass is 19.1. The number of benzene rings is 1. The van der Waals surface area contributed by atoms with E-state index in [0.717, 1.165) is 11.3 Å². The van der Waals surface area contributed by atoms with Crippen LogP contribution in [0.4, 0.5) is 10.1 Å². The summed E-state index contributed by atoms with van der Waals surface area (Å²) in [6.45, 7) is 6.94. The first-order chi connectivity index (χ1) is 14.4. The van der Waals surface area contributed by atoms with Crippen LogP contribution < -0.4 is 10.6 Å². The van der Waals surface area contributed by atoms with Crippen LogP contribution in [0.5, 0.6) is 5.88 Å². The maximum atomic E-state index is 13.1. The van der Waals surface area contributed by atoms with E-state index in [4.69, 9.17) is 10.6 Å². The summed E-state index contributed by atoms with van der Waals surface area (Å²) in [5.74, 6) is 5.96. The minimum Gasteiger partial charge on any atom is -0.471 e. The van der Waals surface area contributed by atoms with Crippen molar-refractivity contribution in [3.05, 3.63) is 53.5 Å². The molecule has 2 aromatic rings. The van der Waals surface area contributed by atoms with Crippen molar-refractivity contribution in [2.24, 2.45) is 21.9 Å². The molecule has 1 aromatic carbocycles. The molecule has 1 aliphatic heterocycles. The van der Waals surface area contributed by atoms with Crippen molar-refractivity contribution in [1.82, 2.24) is 9.88 Å². The standard InChI is InChI=1S/C22H26FN5O2/c1-14(2)10-22(29)28-11-16-4-9-21(26-19(16)12-28)30-13-20(15(3)27-24)25-18-7-5-17(23)6-8-18/h4-9,14H,10-13,24H2,1-3H3/b25-20?,27-15-. The van der Waals surface area contributed by atoms with E-state index in [1.165, 1.54) is 12.1 Å². The number of fused-ring (bicyclic) bond motifs is 1. The molecule has 0 saturated carbocycles. The zero-order valence-electron chi connectivity index (χ0n) is 17.4. The highest BCUT2D eigenvalue weighted by Crippen LogP contribution is 2.25. The van der Waals surface area contributed by atoms with Crippen molar-refractivity contribution in [2.45, 2.75) is 40.3 Å². The molecule has 0 saturated heterocycles. The average Bonchev–Trinajstić information content (AvgIpc) is 3.15. The molecule has 0 spiro atoms. The van der Waals surface area contributed by atoms with Crippen LogP contribution in [0.3, 0.4) is 0 Å². The third-order valence-electron chi connectivity index (χ3n) is 4.74. The number of ether oxygens (including phenoxy) is 1. The fourth-order valence-corrected chi connectivity index (χ4v) is 3.07. The molecule has 0 aliphatic carbocycles. The Hall–Kier alpha value is -3.29. The lowest BCUT2D eigenvalue weighted by molar-refractivity contribution is -0.132.